The lowest BCUT2D eigenvalue weighted by Gasteiger charge is -2.34. The Hall–Kier alpha value is -3.03. The van der Waals surface area contributed by atoms with Crippen LogP contribution < -0.4 is 20.1 Å². The van der Waals surface area contributed by atoms with Crippen LogP contribution in [-0.4, -0.2) is 59.7 Å². The summed E-state index contributed by atoms with van der Waals surface area (Å²) in [5.74, 6) is 1.40. The lowest BCUT2D eigenvalue weighted by Crippen LogP contribution is -2.58. The van der Waals surface area contributed by atoms with E-state index in [0.29, 0.717) is 13.1 Å². The SMILES string of the molecule is COc1ccc2c(OC3CCN(C(=O)C(NC(=O)NC(C)(C)C)C(C)(C)C)C3)cc(C)nc2c1. The first-order chi connectivity index (χ1) is 15.8. The van der Waals surface area contributed by atoms with Gasteiger partial charge >= 0.3 is 6.03 Å². The normalized spacial score (nSPS) is 17.4. The summed E-state index contributed by atoms with van der Waals surface area (Å²) in [7, 11) is 1.63. The molecule has 2 unspecified atom stereocenters. The van der Waals surface area contributed by atoms with Crippen LogP contribution in [0.3, 0.4) is 0 Å². The van der Waals surface area contributed by atoms with Crippen LogP contribution in [-0.2, 0) is 4.79 Å². The van der Waals surface area contributed by atoms with Crippen LogP contribution in [0.5, 0.6) is 11.5 Å². The predicted octanol–water partition coefficient (Wildman–Crippen LogP) is 4.04. The molecule has 1 fully saturated rings. The molecule has 1 aromatic heterocycles. The molecule has 2 aromatic rings. The summed E-state index contributed by atoms with van der Waals surface area (Å²) in [6.07, 6.45) is 0.579. The topological polar surface area (TPSA) is 92.8 Å². The first-order valence-corrected chi connectivity index (χ1v) is 11.8. The van der Waals surface area contributed by atoms with Crippen LogP contribution >= 0.6 is 0 Å². The second-order valence-electron chi connectivity index (χ2n) is 11.1. The lowest BCUT2D eigenvalue weighted by atomic mass is 9.86. The zero-order valence-electron chi connectivity index (χ0n) is 21.6. The van der Waals surface area contributed by atoms with E-state index in [1.54, 1.807) is 12.0 Å². The van der Waals surface area contributed by atoms with Crippen LogP contribution in [0.2, 0.25) is 0 Å². The highest BCUT2D eigenvalue weighted by Gasteiger charge is 2.39. The molecule has 0 saturated carbocycles. The average Bonchev–Trinajstić information content (AvgIpc) is 3.17. The molecule has 2 N–H and O–H groups in total. The molecule has 1 aliphatic heterocycles. The number of rotatable bonds is 5. The van der Waals surface area contributed by atoms with Gasteiger partial charge in [0, 0.05) is 41.7 Å². The Morgan fingerprint density at radius 2 is 1.85 bits per heavy atom. The van der Waals surface area contributed by atoms with Crippen LogP contribution in [0, 0.1) is 12.3 Å². The summed E-state index contributed by atoms with van der Waals surface area (Å²) in [6.45, 7) is 14.6. The summed E-state index contributed by atoms with van der Waals surface area (Å²) in [5.41, 5.74) is 0.825. The number of amides is 3. The van der Waals surface area contributed by atoms with Crippen molar-refractivity contribution in [1.29, 1.82) is 0 Å². The van der Waals surface area contributed by atoms with E-state index in [4.69, 9.17) is 9.47 Å². The fourth-order valence-electron chi connectivity index (χ4n) is 4.07. The molecule has 0 spiro atoms. The number of nitrogens with zero attached hydrogens (tertiary/aromatic N) is 2. The second-order valence-corrected chi connectivity index (χ2v) is 11.1. The molecule has 1 saturated heterocycles. The summed E-state index contributed by atoms with van der Waals surface area (Å²) < 4.78 is 11.7. The van der Waals surface area contributed by atoms with E-state index in [1.165, 1.54) is 0 Å². The number of hydrogen-bond donors (Lipinski definition) is 2. The Morgan fingerprint density at radius 1 is 1.15 bits per heavy atom. The van der Waals surface area contributed by atoms with Crippen molar-refractivity contribution >= 4 is 22.8 Å². The zero-order chi connectivity index (χ0) is 25.3. The van der Waals surface area contributed by atoms with Gasteiger partial charge in [0.05, 0.1) is 19.2 Å². The third kappa shape index (κ3) is 6.30. The second kappa shape index (κ2) is 9.68. The Kier molecular flexibility index (Phi) is 7.29. The third-order valence-electron chi connectivity index (χ3n) is 5.73. The van der Waals surface area contributed by atoms with Gasteiger partial charge in [-0.15, -0.1) is 0 Å². The summed E-state index contributed by atoms with van der Waals surface area (Å²) >= 11 is 0. The van der Waals surface area contributed by atoms with Crippen molar-refractivity contribution in [2.75, 3.05) is 20.2 Å². The molecule has 34 heavy (non-hydrogen) atoms. The van der Waals surface area contributed by atoms with Gasteiger partial charge < -0.3 is 25.0 Å². The quantitative estimate of drug-likeness (QED) is 0.688. The van der Waals surface area contributed by atoms with Crippen molar-refractivity contribution in [3.8, 4) is 11.5 Å². The van der Waals surface area contributed by atoms with Gasteiger partial charge in [0.25, 0.3) is 0 Å². The molecule has 1 aromatic carbocycles. The van der Waals surface area contributed by atoms with E-state index in [2.05, 4.69) is 15.6 Å². The standard InChI is InChI=1S/C26H38N4O4/c1-16-13-21(19-10-9-17(33-8)14-20(19)27-16)34-18-11-12-30(15-18)23(31)22(25(2,3)4)28-24(32)29-26(5,6)7/h9-10,13-14,18,22H,11-12,15H2,1-8H3,(H2,28,29,32). The number of aryl methyl sites for hydroxylation is 1. The van der Waals surface area contributed by atoms with Crippen molar-refractivity contribution in [2.24, 2.45) is 5.41 Å². The molecular weight excluding hydrogens is 432 g/mol. The lowest BCUT2D eigenvalue weighted by molar-refractivity contribution is -0.135. The number of fused-ring (bicyclic) bond motifs is 1. The highest BCUT2D eigenvalue weighted by molar-refractivity contribution is 5.88. The molecule has 2 heterocycles. The maximum atomic E-state index is 13.4. The van der Waals surface area contributed by atoms with Gasteiger partial charge in [-0.2, -0.15) is 0 Å². The Bertz CT molecular complexity index is 1060. The third-order valence-corrected chi connectivity index (χ3v) is 5.73. The van der Waals surface area contributed by atoms with Crippen molar-refractivity contribution in [3.05, 3.63) is 30.0 Å². The predicted molar refractivity (Wildman–Crippen MR) is 133 cm³/mol. The number of carbonyl (C=O) groups is 2. The largest absolute Gasteiger partial charge is 0.497 e. The van der Waals surface area contributed by atoms with Crippen LogP contribution in [0.1, 0.15) is 53.7 Å². The zero-order valence-corrected chi connectivity index (χ0v) is 21.6. The number of aromatic nitrogens is 1. The van der Waals surface area contributed by atoms with E-state index in [9.17, 15) is 9.59 Å². The van der Waals surface area contributed by atoms with Gasteiger partial charge in [0.15, 0.2) is 0 Å². The molecule has 0 bridgehead atoms. The van der Waals surface area contributed by atoms with E-state index in [-0.39, 0.29) is 18.0 Å². The fourth-order valence-corrected chi connectivity index (χ4v) is 4.07. The van der Waals surface area contributed by atoms with Crippen molar-refractivity contribution < 1.29 is 19.1 Å². The minimum atomic E-state index is -0.648. The minimum absolute atomic E-state index is 0.0943. The molecule has 8 heteroatoms. The van der Waals surface area contributed by atoms with Crippen molar-refractivity contribution in [3.63, 3.8) is 0 Å². The smallest absolute Gasteiger partial charge is 0.315 e. The molecule has 186 valence electrons. The molecule has 0 radical (unpaired) electrons. The Labute approximate surface area is 202 Å². The van der Waals surface area contributed by atoms with Gasteiger partial charge in [-0.1, -0.05) is 20.8 Å². The molecule has 3 rings (SSSR count). The fraction of sp³-hybridized carbons (Fsp3) is 0.577. The number of nitrogens with one attached hydrogen (secondary N) is 2. The summed E-state index contributed by atoms with van der Waals surface area (Å²) in [4.78, 5) is 32.3. The van der Waals surface area contributed by atoms with E-state index in [1.807, 2.05) is 72.7 Å². The highest BCUT2D eigenvalue weighted by atomic mass is 16.5. The summed E-state index contributed by atoms with van der Waals surface area (Å²) in [6, 6.07) is 6.66. The van der Waals surface area contributed by atoms with Gasteiger partial charge in [-0.05, 0) is 45.2 Å². The van der Waals surface area contributed by atoms with Gasteiger partial charge in [-0.25, -0.2) is 4.79 Å². The Morgan fingerprint density at radius 3 is 2.47 bits per heavy atom. The first-order valence-electron chi connectivity index (χ1n) is 11.8. The molecule has 0 aliphatic carbocycles. The van der Waals surface area contributed by atoms with E-state index >= 15 is 0 Å². The number of methoxy groups -OCH3 is 1. The van der Waals surface area contributed by atoms with Crippen molar-refractivity contribution in [1.82, 2.24) is 20.5 Å². The number of benzene rings is 1. The van der Waals surface area contributed by atoms with E-state index < -0.39 is 17.0 Å². The molecule has 2 atom stereocenters. The van der Waals surface area contributed by atoms with E-state index in [0.717, 1.165) is 34.5 Å². The number of ether oxygens (including phenoxy) is 2. The van der Waals surface area contributed by atoms with Crippen LogP contribution in [0.15, 0.2) is 24.3 Å². The highest BCUT2D eigenvalue weighted by Crippen LogP contribution is 2.31. The maximum absolute atomic E-state index is 13.4. The number of urea groups is 1. The number of carbonyl (C=O) groups excluding carboxylic acids is 2. The molecule has 1 aliphatic rings. The number of hydrogen-bond acceptors (Lipinski definition) is 5. The van der Waals surface area contributed by atoms with Gasteiger partial charge in [0.1, 0.15) is 23.6 Å². The average molecular weight is 471 g/mol. The Balaban J connectivity index is 1.73. The summed E-state index contributed by atoms with van der Waals surface area (Å²) in [5, 5.41) is 6.68. The molecule has 8 nitrogen and oxygen atoms in total. The monoisotopic (exact) mass is 470 g/mol. The first kappa shape index (κ1) is 25.6. The van der Waals surface area contributed by atoms with Crippen molar-refractivity contribution in [2.45, 2.75) is 72.6 Å². The number of pyridine rings is 1. The van der Waals surface area contributed by atoms with Crippen LogP contribution in [0.25, 0.3) is 10.9 Å². The number of likely N-dealkylation sites (tertiary alicyclic amines) is 1. The van der Waals surface area contributed by atoms with Gasteiger partial charge in [-0.3, -0.25) is 9.78 Å². The minimum Gasteiger partial charge on any atom is -0.497 e. The van der Waals surface area contributed by atoms with Gasteiger partial charge in [0.2, 0.25) is 5.91 Å². The maximum Gasteiger partial charge on any atom is 0.315 e. The molecule has 3 amide bonds. The molecular formula is C26H38N4O4. The van der Waals surface area contributed by atoms with Crippen LogP contribution in [0.4, 0.5) is 4.79 Å².